The van der Waals surface area contributed by atoms with Gasteiger partial charge in [-0.2, -0.15) is 0 Å². The summed E-state index contributed by atoms with van der Waals surface area (Å²) in [5, 5.41) is 3.55. The lowest BCUT2D eigenvalue weighted by molar-refractivity contribution is -0.139. The molecular formula is C32H38ClN3O5S. The van der Waals surface area contributed by atoms with Crippen LogP contribution in [-0.4, -0.2) is 50.0 Å². The second-order valence-electron chi connectivity index (χ2n) is 10.7. The third-order valence-electron chi connectivity index (χ3n) is 7.47. The van der Waals surface area contributed by atoms with Crippen molar-refractivity contribution in [2.75, 3.05) is 17.1 Å². The number of nitrogens with zero attached hydrogens (tertiary/aromatic N) is 2. The molecule has 1 saturated carbocycles. The maximum absolute atomic E-state index is 13.8. The van der Waals surface area contributed by atoms with Crippen LogP contribution >= 0.6 is 11.6 Å². The van der Waals surface area contributed by atoms with Gasteiger partial charge < -0.3 is 15.0 Å². The van der Waals surface area contributed by atoms with Gasteiger partial charge in [-0.25, -0.2) is 8.42 Å². The molecular weight excluding hydrogens is 574 g/mol. The summed E-state index contributed by atoms with van der Waals surface area (Å²) in [6, 6.07) is 22.6. The zero-order valence-corrected chi connectivity index (χ0v) is 25.6. The number of carbonyl (C=O) groups is 2. The van der Waals surface area contributed by atoms with Gasteiger partial charge in [-0.1, -0.05) is 79.4 Å². The average Bonchev–Trinajstić information content (AvgIpc) is 2.99. The van der Waals surface area contributed by atoms with Crippen LogP contribution in [0.5, 0.6) is 5.75 Å². The van der Waals surface area contributed by atoms with E-state index < -0.39 is 28.5 Å². The number of halogens is 1. The summed E-state index contributed by atoms with van der Waals surface area (Å²) in [5.74, 6) is -0.222. The summed E-state index contributed by atoms with van der Waals surface area (Å²) in [6.07, 6.45) is 6.13. The Balaban J connectivity index is 1.52. The third-order valence-corrected chi connectivity index (χ3v) is 8.98. The lowest BCUT2D eigenvalue weighted by Gasteiger charge is -2.33. The van der Waals surface area contributed by atoms with Crippen molar-refractivity contribution in [3.8, 4) is 5.75 Å². The normalized spacial score (nSPS) is 14.5. The summed E-state index contributed by atoms with van der Waals surface area (Å²) in [5.41, 5.74) is 1.98. The van der Waals surface area contributed by atoms with E-state index in [4.69, 9.17) is 16.3 Å². The lowest BCUT2D eigenvalue weighted by Crippen LogP contribution is -2.53. The SMILES string of the molecule is C[C@@H](C(=O)NC1CCCCC1)N(Cc1ccccc1Cl)C(=O)CN(c1ccc(OCc2ccccc2)cc1)S(C)(=O)=O. The van der Waals surface area contributed by atoms with Crippen molar-refractivity contribution < 1.29 is 22.7 Å². The highest BCUT2D eigenvalue weighted by molar-refractivity contribution is 7.92. The Labute approximate surface area is 253 Å². The Hall–Kier alpha value is -3.56. The van der Waals surface area contributed by atoms with Gasteiger partial charge in [0.2, 0.25) is 21.8 Å². The smallest absolute Gasteiger partial charge is 0.244 e. The van der Waals surface area contributed by atoms with Crippen molar-refractivity contribution in [3.63, 3.8) is 0 Å². The fourth-order valence-electron chi connectivity index (χ4n) is 5.02. The molecule has 0 radical (unpaired) electrons. The zero-order chi connectivity index (χ0) is 30.1. The van der Waals surface area contributed by atoms with Crippen LogP contribution < -0.4 is 14.4 Å². The van der Waals surface area contributed by atoms with Gasteiger partial charge in [-0.05, 0) is 61.2 Å². The molecule has 1 fully saturated rings. The van der Waals surface area contributed by atoms with E-state index in [-0.39, 0.29) is 18.5 Å². The summed E-state index contributed by atoms with van der Waals surface area (Å²) in [6.45, 7) is 1.61. The molecule has 2 amide bonds. The summed E-state index contributed by atoms with van der Waals surface area (Å²) < 4.78 is 32.6. The first-order valence-corrected chi connectivity index (χ1v) is 16.4. The lowest BCUT2D eigenvalue weighted by atomic mass is 9.95. The minimum atomic E-state index is -3.85. The van der Waals surface area contributed by atoms with Crippen molar-refractivity contribution in [2.45, 2.75) is 64.3 Å². The van der Waals surface area contributed by atoms with Gasteiger partial charge in [0.15, 0.2) is 0 Å². The number of rotatable bonds is 12. The molecule has 0 aromatic heterocycles. The Morgan fingerprint density at radius 1 is 0.952 bits per heavy atom. The molecule has 0 spiro atoms. The molecule has 1 N–H and O–H groups in total. The molecule has 0 aliphatic heterocycles. The number of sulfonamides is 1. The molecule has 10 heteroatoms. The van der Waals surface area contributed by atoms with E-state index in [1.807, 2.05) is 30.3 Å². The highest BCUT2D eigenvalue weighted by Crippen LogP contribution is 2.24. The Kier molecular flexibility index (Phi) is 10.9. The topological polar surface area (TPSA) is 96.0 Å². The summed E-state index contributed by atoms with van der Waals surface area (Å²) >= 11 is 6.41. The molecule has 42 heavy (non-hydrogen) atoms. The molecule has 3 aromatic rings. The molecule has 1 aliphatic carbocycles. The molecule has 1 aliphatic rings. The number of ether oxygens (including phenoxy) is 1. The Bertz CT molecular complexity index is 1440. The van der Waals surface area contributed by atoms with Gasteiger partial charge in [-0.15, -0.1) is 0 Å². The summed E-state index contributed by atoms with van der Waals surface area (Å²) in [7, 11) is -3.85. The monoisotopic (exact) mass is 611 g/mol. The maximum atomic E-state index is 13.8. The van der Waals surface area contributed by atoms with E-state index >= 15 is 0 Å². The number of benzene rings is 3. The van der Waals surface area contributed by atoms with Crippen molar-refractivity contribution in [1.82, 2.24) is 10.2 Å². The quantitative estimate of drug-likeness (QED) is 0.290. The Morgan fingerprint density at radius 3 is 2.24 bits per heavy atom. The maximum Gasteiger partial charge on any atom is 0.244 e. The van der Waals surface area contributed by atoms with E-state index in [0.717, 1.165) is 48.2 Å². The van der Waals surface area contributed by atoms with Crippen LogP contribution in [0.3, 0.4) is 0 Å². The van der Waals surface area contributed by atoms with E-state index in [1.165, 1.54) is 4.90 Å². The largest absolute Gasteiger partial charge is 0.489 e. The summed E-state index contributed by atoms with van der Waals surface area (Å²) in [4.78, 5) is 28.5. The number of nitrogens with one attached hydrogen (secondary N) is 1. The van der Waals surface area contributed by atoms with Crippen molar-refractivity contribution in [2.24, 2.45) is 0 Å². The zero-order valence-electron chi connectivity index (χ0n) is 24.0. The van der Waals surface area contributed by atoms with Crippen LogP contribution in [0.15, 0.2) is 78.9 Å². The number of carbonyl (C=O) groups excluding carboxylic acids is 2. The first-order valence-electron chi connectivity index (χ1n) is 14.2. The fraction of sp³-hybridized carbons (Fsp3) is 0.375. The van der Waals surface area contributed by atoms with Gasteiger partial charge in [0, 0.05) is 17.6 Å². The van der Waals surface area contributed by atoms with Crippen LogP contribution in [0.1, 0.15) is 50.2 Å². The minimum Gasteiger partial charge on any atom is -0.489 e. The molecule has 8 nitrogen and oxygen atoms in total. The van der Waals surface area contributed by atoms with Crippen molar-refractivity contribution in [3.05, 3.63) is 95.0 Å². The Morgan fingerprint density at radius 2 is 1.60 bits per heavy atom. The van der Waals surface area contributed by atoms with Crippen LogP contribution in [0.25, 0.3) is 0 Å². The molecule has 1 atom stereocenters. The number of amides is 2. The first-order chi connectivity index (χ1) is 20.1. The number of hydrogen-bond donors (Lipinski definition) is 1. The standard InChI is InChI=1S/C32H38ClN3O5S/c1-24(32(38)34-27-14-7-4-8-15-27)35(21-26-13-9-10-16-30(26)33)31(37)22-36(42(2,39)40)28-17-19-29(20-18-28)41-23-25-11-5-3-6-12-25/h3,5-6,9-13,16-20,24,27H,4,7-8,14-15,21-23H2,1-2H3,(H,34,38)/t24-/m0/s1. The van der Waals surface area contributed by atoms with E-state index in [0.29, 0.717) is 28.6 Å². The molecule has 0 unspecified atom stereocenters. The predicted molar refractivity (Wildman–Crippen MR) is 166 cm³/mol. The van der Waals surface area contributed by atoms with Crippen LogP contribution in [0, 0.1) is 0 Å². The van der Waals surface area contributed by atoms with Gasteiger partial charge >= 0.3 is 0 Å². The molecule has 224 valence electrons. The van der Waals surface area contributed by atoms with Crippen LogP contribution in [0.2, 0.25) is 5.02 Å². The van der Waals surface area contributed by atoms with E-state index in [2.05, 4.69) is 5.32 Å². The van der Waals surface area contributed by atoms with E-state index in [1.54, 1.807) is 55.5 Å². The minimum absolute atomic E-state index is 0.0572. The molecule has 0 saturated heterocycles. The van der Waals surface area contributed by atoms with Gasteiger partial charge in [0.05, 0.1) is 11.9 Å². The van der Waals surface area contributed by atoms with Gasteiger partial charge in [-0.3, -0.25) is 13.9 Å². The van der Waals surface area contributed by atoms with Gasteiger partial charge in [0.1, 0.15) is 24.9 Å². The predicted octanol–water partition coefficient (Wildman–Crippen LogP) is 5.55. The molecule has 0 heterocycles. The van der Waals surface area contributed by atoms with E-state index in [9.17, 15) is 18.0 Å². The number of hydrogen-bond acceptors (Lipinski definition) is 5. The third kappa shape index (κ3) is 8.72. The van der Waals surface area contributed by atoms with Gasteiger partial charge in [0.25, 0.3) is 0 Å². The van der Waals surface area contributed by atoms with Crippen molar-refractivity contribution in [1.29, 1.82) is 0 Å². The highest BCUT2D eigenvalue weighted by atomic mass is 35.5. The first kappa shape index (κ1) is 31.4. The molecule has 3 aromatic carbocycles. The number of anilines is 1. The highest BCUT2D eigenvalue weighted by Gasteiger charge is 2.31. The van der Waals surface area contributed by atoms with Crippen LogP contribution in [0.4, 0.5) is 5.69 Å². The van der Waals surface area contributed by atoms with Crippen LogP contribution in [-0.2, 0) is 32.8 Å². The van der Waals surface area contributed by atoms with Crippen molar-refractivity contribution >= 4 is 39.1 Å². The molecule has 4 rings (SSSR count). The molecule has 0 bridgehead atoms. The fourth-order valence-corrected chi connectivity index (χ4v) is 6.07. The second kappa shape index (κ2) is 14.6. The second-order valence-corrected chi connectivity index (χ2v) is 13.0. The average molecular weight is 612 g/mol.